The molecule has 0 amide bonds. The van der Waals surface area contributed by atoms with Gasteiger partial charge in [0.1, 0.15) is 0 Å². The summed E-state index contributed by atoms with van der Waals surface area (Å²) in [6.45, 7) is 2.33. The molecule has 1 unspecified atom stereocenters. The van der Waals surface area contributed by atoms with Crippen molar-refractivity contribution in [2.24, 2.45) is 0 Å². The summed E-state index contributed by atoms with van der Waals surface area (Å²) in [6, 6.07) is 4.16. The molecular weight excluding hydrogens is 225 g/mol. The summed E-state index contributed by atoms with van der Waals surface area (Å²) in [4.78, 5) is 0. The number of nitrogens with zero attached hydrogens (tertiary/aromatic N) is 3. The van der Waals surface area contributed by atoms with Gasteiger partial charge in [0, 0.05) is 6.54 Å². The number of nitrogens with one attached hydrogen (secondary N) is 2. The first-order chi connectivity index (χ1) is 8.16. The number of benzene rings is 1. The van der Waals surface area contributed by atoms with Crippen molar-refractivity contribution in [3.05, 3.63) is 35.4 Å². The lowest BCUT2D eigenvalue weighted by molar-refractivity contribution is 0.431. The number of aromatic nitrogens is 4. The number of hydrogen-bond donors (Lipinski definition) is 3. The van der Waals surface area contributed by atoms with E-state index in [0.717, 1.165) is 5.56 Å². The summed E-state index contributed by atoms with van der Waals surface area (Å²) in [5, 5.41) is 25.6. The zero-order valence-electron chi connectivity index (χ0n) is 9.18. The summed E-state index contributed by atoms with van der Waals surface area (Å²) in [5.41, 5.74) is 0.732. The van der Waals surface area contributed by atoms with Gasteiger partial charge in [-0.1, -0.05) is 11.3 Å². The molecule has 0 spiro atoms. The molecule has 0 aliphatic rings. The topological polar surface area (TPSA) is 86.7 Å². The first-order valence-corrected chi connectivity index (χ1v) is 5.11. The predicted molar refractivity (Wildman–Crippen MR) is 57.5 cm³/mol. The van der Waals surface area contributed by atoms with Crippen LogP contribution >= 0.6 is 0 Å². The van der Waals surface area contributed by atoms with Crippen LogP contribution in [0.15, 0.2) is 18.2 Å². The highest BCUT2D eigenvalue weighted by molar-refractivity contribution is 5.27. The largest absolute Gasteiger partial charge is 0.505 e. The lowest BCUT2D eigenvalue weighted by atomic mass is 10.2. The third-order valence-electron chi connectivity index (χ3n) is 2.37. The van der Waals surface area contributed by atoms with Crippen LogP contribution in [0.4, 0.5) is 4.39 Å². The van der Waals surface area contributed by atoms with Crippen molar-refractivity contribution in [2.75, 3.05) is 0 Å². The highest BCUT2D eigenvalue weighted by atomic mass is 19.1. The Morgan fingerprint density at radius 2 is 2.35 bits per heavy atom. The van der Waals surface area contributed by atoms with E-state index < -0.39 is 5.82 Å². The first kappa shape index (κ1) is 11.5. The van der Waals surface area contributed by atoms with Crippen LogP contribution in [0.3, 0.4) is 0 Å². The molecule has 1 heterocycles. The van der Waals surface area contributed by atoms with Gasteiger partial charge in [-0.15, -0.1) is 10.2 Å². The van der Waals surface area contributed by atoms with E-state index in [0.29, 0.717) is 12.4 Å². The van der Waals surface area contributed by atoms with Crippen molar-refractivity contribution in [1.82, 2.24) is 25.9 Å². The summed E-state index contributed by atoms with van der Waals surface area (Å²) >= 11 is 0. The second-order valence-electron chi connectivity index (χ2n) is 3.66. The lowest BCUT2D eigenvalue weighted by Crippen LogP contribution is -2.19. The quantitative estimate of drug-likeness (QED) is 0.735. The molecule has 2 aromatic rings. The Labute approximate surface area is 96.9 Å². The van der Waals surface area contributed by atoms with E-state index in [1.165, 1.54) is 12.1 Å². The number of tetrazole rings is 1. The summed E-state index contributed by atoms with van der Waals surface area (Å²) in [6.07, 6.45) is 0. The molecular formula is C10H12FN5O. The minimum Gasteiger partial charge on any atom is -0.505 e. The minimum atomic E-state index is -0.628. The molecule has 3 N–H and O–H groups in total. The maximum atomic E-state index is 13.1. The Hall–Kier alpha value is -2.02. The van der Waals surface area contributed by atoms with Crippen LogP contribution in [-0.2, 0) is 6.54 Å². The summed E-state index contributed by atoms with van der Waals surface area (Å²) in [7, 11) is 0. The van der Waals surface area contributed by atoms with Crippen LogP contribution < -0.4 is 5.32 Å². The van der Waals surface area contributed by atoms with Crippen LogP contribution in [0.25, 0.3) is 0 Å². The number of rotatable bonds is 4. The Kier molecular flexibility index (Phi) is 3.29. The van der Waals surface area contributed by atoms with E-state index in [1.54, 1.807) is 6.07 Å². The molecule has 0 bridgehead atoms. The summed E-state index contributed by atoms with van der Waals surface area (Å²) in [5.74, 6) is -0.430. The van der Waals surface area contributed by atoms with Gasteiger partial charge in [0.2, 0.25) is 0 Å². The first-order valence-electron chi connectivity index (χ1n) is 5.11. The van der Waals surface area contributed by atoms with Crippen LogP contribution in [0, 0.1) is 5.82 Å². The fourth-order valence-electron chi connectivity index (χ4n) is 1.38. The van der Waals surface area contributed by atoms with Gasteiger partial charge in [-0.3, -0.25) is 0 Å². The second kappa shape index (κ2) is 4.88. The number of phenols is 1. The van der Waals surface area contributed by atoms with Gasteiger partial charge in [0.15, 0.2) is 17.4 Å². The molecule has 0 saturated carbocycles. The number of aromatic hydroxyl groups is 1. The third-order valence-corrected chi connectivity index (χ3v) is 2.37. The molecule has 0 aliphatic carbocycles. The van der Waals surface area contributed by atoms with E-state index >= 15 is 0 Å². The number of hydrogen-bond acceptors (Lipinski definition) is 5. The molecule has 0 fully saturated rings. The number of H-pyrrole nitrogens is 1. The molecule has 0 aliphatic heterocycles. The average Bonchev–Trinajstić information content (AvgIpc) is 2.84. The van der Waals surface area contributed by atoms with Crippen molar-refractivity contribution in [3.63, 3.8) is 0 Å². The Morgan fingerprint density at radius 3 is 3.00 bits per heavy atom. The van der Waals surface area contributed by atoms with Gasteiger partial charge in [0.05, 0.1) is 6.04 Å². The fourth-order valence-corrected chi connectivity index (χ4v) is 1.38. The van der Waals surface area contributed by atoms with Gasteiger partial charge in [0.25, 0.3) is 0 Å². The molecule has 1 aromatic heterocycles. The number of phenolic OH excluding ortho intramolecular Hbond substituents is 1. The standard InChI is InChI=1S/C10H12FN5O/c1-6(10-13-15-16-14-10)12-5-7-2-3-9(17)8(11)4-7/h2-4,6,12,17H,5H2,1H3,(H,13,14,15,16). The highest BCUT2D eigenvalue weighted by Crippen LogP contribution is 2.16. The molecule has 17 heavy (non-hydrogen) atoms. The van der Waals surface area contributed by atoms with E-state index in [9.17, 15) is 4.39 Å². The van der Waals surface area contributed by atoms with Crippen molar-refractivity contribution >= 4 is 0 Å². The molecule has 1 atom stereocenters. The van der Waals surface area contributed by atoms with Gasteiger partial charge in [-0.05, 0) is 24.6 Å². The van der Waals surface area contributed by atoms with Crippen LogP contribution in [0.5, 0.6) is 5.75 Å². The van der Waals surface area contributed by atoms with Gasteiger partial charge in [-0.2, -0.15) is 5.21 Å². The van der Waals surface area contributed by atoms with Crippen molar-refractivity contribution in [3.8, 4) is 5.75 Å². The van der Waals surface area contributed by atoms with Crippen molar-refractivity contribution in [2.45, 2.75) is 19.5 Å². The average molecular weight is 237 g/mol. The Bertz CT molecular complexity index is 487. The molecule has 1 aromatic carbocycles. The van der Waals surface area contributed by atoms with E-state index in [-0.39, 0.29) is 11.8 Å². The van der Waals surface area contributed by atoms with E-state index in [4.69, 9.17) is 5.11 Å². The molecule has 0 radical (unpaired) electrons. The molecule has 7 heteroatoms. The van der Waals surface area contributed by atoms with Crippen molar-refractivity contribution < 1.29 is 9.50 Å². The van der Waals surface area contributed by atoms with Gasteiger partial charge >= 0.3 is 0 Å². The van der Waals surface area contributed by atoms with Crippen LogP contribution in [0.1, 0.15) is 24.4 Å². The molecule has 0 saturated heterocycles. The SMILES string of the molecule is CC(NCc1ccc(O)c(F)c1)c1nn[nH]n1. The smallest absolute Gasteiger partial charge is 0.191 e. The van der Waals surface area contributed by atoms with E-state index in [2.05, 4.69) is 25.9 Å². The second-order valence-corrected chi connectivity index (χ2v) is 3.66. The minimum absolute atomic E-state index is 0.0920. The van der Waals surface area contributed by atoms with Crippen LogP contribution in [-0.4, -0.2) is 25.7 Å². The predicted octanol–water partition coefficient (Wildman–Crippen LogP) is 0.895. The van der Waals surface area contributed by atoms with Crippen molar-refractivity contribution in [1.29, 1.82) is 0 Å². The Morgan fingerprint density at radius 1 is 1.53 bits per heavy atom. The third kappa shape index (κ3) is 2.76. The number of halogens is 1. The zero-order valence-corrected chi connectivity index (χ0v) is 9.18. The fraction of sp³-hybridized carbons (Fsp3) is 0.300. The van der Waals surface area contributed by atoms with Gasteiger partial charge in [-0.25, -0.2) is 4.39 Å². The summed E-state index contributed by atoms with van der Waals surface area (Å²) < 4.78 is 13.1. The maximum Gasteiger partial charge on any atom is 0.191 e. The maximum absolute atomic E-state index is 13.1. The Balaban J connectivity index is 1.96. The van der Waals surface area contributed by atoms with E-state index in [1.807, 2.05) is 6.92 Å². The van der Waals surface area contributed by atoms with Gasteiger partial charge < -0.3 is 10.4 Å². The number of aromatic amines is 1. The molecule has 6 nitrogen and oxygen atoms in total. The molecule has 90 valence electrons. The zero-order chi connectivity index (χ0) is 12.3. The monoisotopic (exact) mass is 237 g/mol. The lowest BCUT2D eigenvalue weighted by Gasteiger charge is -2.09. The normalized spacial score (nSPS) is 12.6. The van der Waals surface area contributed by atoms with Crippen LogP contribution in [0.2, 0.25) is 0 Å². The highest BCUT2D eigenvalue weighted by Gasteiger charge is 2.09. The molecule has 2 rings (SSSR count).